The van der Waals surface area contributed by atoms with Crippen LogP contribution in [0.15, 0.2) is 23.6 Å². The lowest BCUT2D eigenvalue weighted by molar-refractivity contribution is 0.104. The van der Waals surface area contributed by atoms with Gasteiger partial charge in [0.05, 0.1) is 15.1 Å². The molecule has 0 aliphatic heterocycles. The standard InChI is InChI=1S/C14H13N3OS2/c1-3-15-14-16-9-6-7-19-13(9)11(17-14)12(18)10-5-4-8(2)20-10/h4-7H,3H2,1-2H3,(H,15,16,17). The Morgan fingerprint density at radius 3 is 2.85 bits per heavy atom. The maximum atomic E-state index is 12.6. The number of carbonyl (C=O) groups excluding carboxylic acids is 1. The first kappa shape index (κ1) is 13.2. The van der Waals surface area contributed by atoms with Crippen molar-refractivity contribution in [3.8, 4) is 0 Å². The van der Waals surface area contributed by atoms with Crippen molar-refractivity contribution >= 4 is 44.6 Å². The van der Waals surface area contributed by atoms with Crippen molar-refractivity contribution < 1.29 is 4.79 Å². The topological polar surface area (TPSA) is 54.9 Å². The van der Waals surface area contributed by atoms with Crippen molar-refractivity contribution in [2.75, 3.05) is 11.9 Å². The second-order valence-electron chi connectivity index (χ2n) is 4.30. The number of rotatable bonds is 4. The number of hydrogen-bond acceptors (Lipinski definition) is 6. The quantitative estimate of drug-likeness (QED) is 0.746. The third-order valence-electron chi connectivity index (χ3n) is 2.82. The molecular formula is C14H13N3OS2. The molecule has 3 aromatic rings. The van der Waals surface area contributed by atoms with Crippen LogP contribution in [0.25, 0.3) is 10.2 Å². The largest absolute Gasteiger partial charge is 0.354 e. The molecule has 0 saturated carbocycles. The highest BCUT2D eigenvalue weighted by atomic mass is 32.1. The van der Waals surface area contributed by atoms with Gasteiger partial charge in [0.15, 0.2) is 0 Å². The molecule has 20 heavy (non-hydrogen) atoms. The minimum absolute atomic E-state index is 0.0305. The fourth-order valence-corrected chi connectivity index (χ4v) is 3.55. The van der Waals surface area contributed by atoms with Gasteiger partial charge in [0.1, 0.15) is 5.69 Å². The molecule has 0 spiro atoms. The van der Waals surface area contributed by atoms with E-state index in [4.69, 9.17) is 0 Å². The molecule has 4 nitrogen and oxygen atoms in total. The molecule has 3 heterocycles. The van der Waals surface area contributed by atoms with Crippen LogP contribution in [0.4, 0.5) is 5.95 Å². The SMILES string of the molecule is CCNc1nc(C(=O)c2ccc(C)s2)c2sccc2n1. The first-order valence-electron chi connectivity index (χ1n) is 6.29. The number of nitrogens with one attached hydrogen (secondary N) is 1. The lowest BCUT2D eigenvalue weighted by Crippen LogP contribution is -2.08. The summed E-state index contributed by atoms with van der Waals surface area (Å²) in [6.45, 7) is 4.69. The molecule has 0 amide bonds. The molecule has 0 atom stereocenters. The summed E-state index contributed by atoms with van der Waals surface area (Å²) in [5.74, 6) is 0.479. The van der Waals surface area contributed by atoms with E-state index in [1.807, 2.05) is 37.4 Å². The summed E-state index contributed by atoms with van der Waals surface area (Å²) < 4.78 is 0.850. The summed E-state index contributed by atoms with van der Waals surface area (Å²) in [7, 11) is 0. The van der Waals surface area contributed by atoms with Crippen molar-refractivity contribution in [1.29, 1.82) is 0 Å². The van der Waals surface area contributed by atoms with E-state index in [0.717, 1.165) is 26.5 Å². The second-order valence-corrected chi connectivity index (χ2v) is 6.50. The van der Waals surface area contributed by atoms with E-state index in [9.17, 15) is 4.79 Å². The van der Waals surface area contributed by atoms with Crippen molar-refractivity contribution in [3.05, 3.63) is 39.0 Å². The van der Waals surface area contributed by atoms with Gasteiger partial charge in [-0.3, -0.25) is 4.79 Å². The van der Waals surface area contributed by atoms with Crippen LogP contribution in [-0.2, 0) is 0 Å². The Bertz CT molecular complexity index is 776. The molecular weight excluding hydrogens is 290 g/mol. The van der Waals surface area contributed by atoms with Crippen LogP contribution in [0.3, 0.4) is 0 Å². The van der Waals surface area contributed by atoms with E-state index in [1.165, 1.54) is 22.7 Å². The maximum Gasteiger partial charge on any atom is 0.223 e. The Morgan fingerprint density at radius 2 is 2.15 bits per heavy atom. The number of fused-ring (bicyclic) bond motifs is 1. The highest BCUT2D eigenvalue weighted by Gasteiger charge is 2.18. The third-order valence-corrected chi connectivity index (χ3v) is 4.73. The van der Waals surface area contributed by atoms with Crippen LogP contribution in [0, 0.1) is 6.92 Å². The summed E-state index contributed by atoms with van der Waals surface area (Å²) in [6.07, 6.45) is 0. The van der Waals surface area contributed by atoms with Crippen LogP contribution in [0.5, 0.6) is 0 Å². The Balaban J connectivity index is 2.13. The van der Waals surface area contributed by atoms with Crippen LogP contribution in [0.2, 0.25) is 0 Å². The Labute approximate surface area is 124 Å². The molecule has 0 aliphatic carbocycles. The normalized spacial score (nSPS) is 10.9. The van der Waals surface area contributed by atoms with Crippen LogP contribution < -0.4 is 5.32 Å². The minimum Gasteiger partial charge on any atom is -0.354 e. The molecule has 3 aromatic heterocycles. The molecule has 0 radical (unpaired) electrons. The van der Waals surface area contributed by atoms with Gasteiger partial charge in [0, 0.05) is 11.4 Å². The molecule has 0 bridgehead atoms. The van der Waals surface area contributed by atoms with Gasteiger partial charge in [-0.05, 0) is 37.4 Å². The van der Waals surface area contributed by atoms with Gasteiger partial charge in [0.25, 0.3) is 0 Å². The van der Waals surface area contributed by atoms with Gasteiger partial charge in [-0.2, -0.15) is 0 Å². The first-order chi connectivity index (χ1) is 9.69. The summed E-state index contributed by atoms with van der Waals surface area (Å²) in [4.78, 5) is 23.3. The Kier molecular flexibility index (Phi) is 3.50. The van der Waals surface area contributed by atoms with Crippen LogP contribution in [-0.4, -0.2) is 22.3 Å². The van der Waals surface area contributed by atoms with Crippen molar-refractivity contribution in [3.63, 3.8) is 0 Å². The van der Waals surface area contributed by atoms with Crippen LogP contribution in [0.1, 0.15) is 27.2 Å². The zero-order valence-corrected chi connectivity index (χ0v) is 12.8. The predicted molar refractivity (Wildman–Crippen MR) is 84.1 cm³/mol. The van der Waals surface area contributed by atoms with Crippen molar-refractivity contribution in [2.45, 2.75) is 13.8 Å². The molecule has 0 saturated heterocycles. The molecule has 0 unspecified atom stereocenters. The van der Waals surface area contributed by atoms with Gasteiger partial charge >= 0.3 is 0 Å². The number of thiophene rings is 2. The van der Waals surface area contributed by atoms with Gasteiger partial charge in [-0.25, -0.2) is 9.97 Å². The van der Waals surface area contributed by atoms with Gasteiger partial charge in [0.2, 0.25) is 11.7 Å². The molecule has 0 aromatic carbocycles. The number of aromatic nitrogens is 2. The average molecular weight is 303 g/mol. The lowest BCUT2D eigenvalue weighted by Gasteiger charge is -2.05. The number of nitrogens with zero attached hydrogens (tertiary/aromatic N) is 2. The van der Waals surface area contributed by atoms with Crippen LogP contribution >= 0.6 is 22.7 Å². The number of ketones is 1. The summed E-state index contributed by atoms with van der Waals surface area (Å²) >= 11 is 3.00. The minimum atomic E-state index is -0.0305. The maximum absolute atomic E-state index is 12.6. The molecule has 0 aliphatic rings. The van der Waals surface area contributed by atoms with E-state index >= 15 is 0 Å². The lowest BCUT2D eigenvalue weighted by atomic mass is 10.2. The highest BCUT2D eigenvalue weighted by molar-refractivity contribution is 7.18. The summed E-state index contributed by atoms with van der Waals surface area (Å²) in [5.41, 5.74) is 1.31. The number of anilines is 1. The van der Waals surface area contributed by atoms with E-state index < -0.39 is 0 Å². The van der Waals surface area contributed by atoms with Gasteiger partial charge < -0.3 is 5.32 Å². The third kappa shape index (κ3) is 2.32. The van der Waals surface area contributed by atoms with Gasteiger partial charge in [-0.15, -0.1) is 22.7 Å². The van der Waals surface area contributed by atoms with E-state index in [-0.39, 0.29) is 5.78 Å². The fraction of sp³-hybridized carbons (Fsp3) is 0.214. The van der Waals surface area contributed by atoms with Gasteiger partial charge in [-0.1, -0.05) is 0 Å². The van der Waals surface area contributed by atoms with Crippen molar-refractivity contribution in [1.82, 2.24) is 9.97 Å². The highest BCUT2D eigenvalue weighted by Crippen LogP contribution is 2.27. The molecule has 0 fully saturated rings. The number of aryl methyl sites for hydroxylation is 1. The monoisotopic (exact) mass is 303 g/mol. The smallest absolute Gasteiger partial charge is 0.223 e. The Hall–Kier alpha value is -1.79. The molecule has 1 N–H and O–H groups in total. The number of carbonyl (C=O) groups is 1. The molecule has 3 rings (SSSR count). The summed E-state index contributed by atoms with van der Waals surface area (Å²) in [5, 5.41) is 5.01. The zero-order chi connectivity index (χ0) is 14.1. The van der Waals surface area contributed by atoms with E-state index in [2.05, 4.69) is 15.3 Å². The predicted octanol–water partition coefficient (Wildman–Crippen LogP) is 3.72. The number of hydrogen-bond donors (Lipinski definition) is 1. The fourth-order valence-electron chi connectivity index (χ4n) is 1.93. The van der Waals surface area contributed by atoms with E-state index in [1.54, 1.807) is 0 Å². The van der Waals surface area contributed by atoms with E-state index in [0.29, 0.717) is 11.6 Å². The summed E-state index contributed by atoms with van der Waals surface area (Å²) in [6, 6.07) is 5.73. The first-order valence-corrected chi connectivity index (χ1v) is 7.99. The average Bonchev–Trinajstić information content (AvgIpc) is 3.06. The Morgan fingerprint density at radius 1 is 1.30 bits per heavy atom. The molecule has 6 heteroatoms. The molecule has 102 valence electrons. The zero-order valence-electron chi connectivity index (χ0n) is 11.1. The van der Waals surface area contributed by atoms with Crippen molar-refractivity contribution in [2.24, 2.45) is 0 Å². The second kappa shape index (κ2) is 5.30.